The molecule has 0 bridgehead atoms. The van der Waals surface area contributed by atoms with Gasteiger partial charge in [0.25, 0.3) is 5.91 Å². The standard InChI is InChI=1S/C21H26N2OS/c1-13-18(16-11-10-14-6-2-3-7-15(14)12-16)19(20(22)25-13)21(24)23-17-8-4-5-9-17/h10-12,17H,2-9,22H2,1H3,(H,23,24). The van der Waals surface area contributed by atoms with E-state index in [1.165, 1.54) is 54.6 Å². The molecule has 0 atom stereocenters. The van der Waals surface area contributed by atoms with Crippen LogP contribution >= 0.6 is 11.3 Å². The van der Waals surface area contributed by atoms with E-state index in [0.29, 0.717) is 16.6 Å². The van der Waals surface area contributed by atoms with Gasteiger partial charge in [0.05, 0.1) is 10.6 Å². The Morgan fingerprint density at radius 1 is 1.12 bits per heavy atom. The van der Waals surface area contributed by atoms with E-state index in [9.17, 15) is 4.79 Å². The van der Waals surface area contributed by atoms with Gasteiger partial charge in [0.1, 0.15) is 0 Å². The third-order valence-electron chi connectivity index (χ3n) is 5.67. The van der Waals surface area contributed by atoms with Crippen LogP contribution in [-0.4, -0.2) is 11.9 Å². The summed E-state index contributed by atoms with van der Waals surface area (Å²) in [6.45, 7) is 2.07. The quantitative estimate of drug-likeness (QED) is 0.827. The summed E-state index contributed by atoms with van der Waals surface area (Å²) in [4.78, 5) is 14.1. The molecule has 4 rings (SSSR count). The Bertz CT molecular complexity index is 802. The molecular formula is C21H26N2OS. The maximum absolute atomic E-state index is 12.9. The van der Waals surface area contributed by atoms with Gasteiger partial charge in [-0.1, -0.05) is 31.0 Å². The number of hydrogen-bond donors (Lipinski definition) is 2. The van der Waals surface area contributed by atoms with Crippen molar-refractivity contribution in [2.75, 3.05) is 5.73 Å². The van der Waals surface area contributed by atoms with Crippen molar-refractivity contribution in [1.82, 2.24) is 5.32 Å². The number of carbonyl (C=O) groups excluding carboxylic acids is 1. The van der Waals surface area contributed by atoms with Crippen LogP contribution in [0.2, 0.25) is 0 Å². The molecule has 2 aromatic rings. The molecule has 1 saturated carbocycles. The van der Waals surface area contributed by atoms with Crippen molar-refractivity contribution in [1.29, 1.82) is 0 Å². The summed E-state index contributed by atoms with van der Waals surface area (Å²) in [6.07, 6.45) is 9.45. The average Bonchev–Trinajstić information content (AvgIpc) is 3.21. The minimum atomic E-state index is 0.00136. The van der Waals surface area contributed by atoms with Gasteiger partial charge in [-0.25, -0.2) is 0 Å². The predicted octanol–water partition coefficient (Wildman–Crippen LogP) is 4.86. The second-order valence-corrected chi connectivity index (χ2v) is 8.67. The Morgan fingerprint density at radius 2 is 1.84 bits per heavy atom. The summed E-state index contributed by atoms with van der Waals surface area (Å²) in [5.74, 6) is 0.00136. The summed E-state index contributed by atoms with van der Waals surface area (Å²) in [6, 6.07) is 7.01. The minimum absolute atomic E-state index is 0.00136. The number of nitrogens with one attached hydrogen (secondary N) is 1. The monoisotopic (exact) mass is 354 g/mol. The number of fused-ring (bicyclic) bond motifs is 1. The zero-order chi connectivity index (χ0) is 17.4. The maximum atomic E-state index is 12.9. The molecule has 1 amide bonds. The Hall–Kier alpha value is -1.81. The molecule has 0 aliphatic heterocycles. The van der Waals surface area contributed by atoms with Gasteiger partial charge >= 0.3 is 0 Å². The van der Waals surface area contributed by atoms with Crippen LogP contribution in [-0.2, 0) is 12.8 Å². The highest BCUT2D eigenvalue weighted by Gasteiger charge is 2.25. The third kappa shape index (κ3) is 3.20. The van der Waals surface area contributed by atoms with Gasteiger partial charge in [-0.15, -0.1) is 11.3 Å². The number of carbonyl (C=O) groups is 1. The second kappa shape index (κ2) is 6.83. The van der Waals surface area contributed by atoms with E-state index < -0.39 is 0 Å². The fraction of sp³-hybridized carbons (Fsp3) is 0.476. The Kier molecular flexibility index (Phi) is 4.55. The van der Waals surface area contributed by atoms with Gasteiger partial charge in [-0.05, 0) is 62.1 Å². The lowest BCUT2D eigenvalue weighted by atomic mass is 9.88. The number of amides is 1. The van der Waals surface area contributed by atoms with Crippen molar-refractivity contribution in [2.45, 2.75) is 64.3 Å². The highest BCUT2D eigenvalue weighted by atomic mass is 32.1. The fourth-order valence-corrected chi connectivity index (χ4v) is 5.30. The Balaban J connectivity index is 1.71. The van der Waals surface area contributed by atoms with Crippen LogP contribution in [0.5, 0.6) is 0 Å². The molecule has 1 heterocycles. The van der Waals surface area contributed by atoms with Crippen LogP contribution in [0.4, 0.5) is 5.00 Å². The summed E-state index contributed by atoms with van der Waals surface area (Å²) in [5.41, 5.74) is 12.0. The summed E-state index contributed by atoms with van der Waals surface area (Å²) in [5, 5.41) is 3.85. The second-order valence-electron chi connectivity index (χ2n) is 7.42. The molecule has 3 N–H and O–H groups in total. The molecular weight excluding hydrogens is 328 g/mol. The number of rotatable bonds is 3. The fourth-order valence-electron chi connectivity index (χ4n) is 4.36. The molecule has 2 aliphatic rings. The number of benzene rings is 1. The number of nitrogens with two attached hydrogens (primary N) is 1. The van der Waals surface area contributed by atoms with Gasteiger partial charge in [-0.2, -0.15) is 0 Å². The molecule has 4 heteroatoms. The van der Waals surface area contributed by atoms with Crippen LogP contribution in [0.15, 0.2) is 18.2 Å². The van der Waals surface area contributed by atoms with Gasteiger partial charge in [-0.3, -0.25) is 4.79 Å². The number of anilines is 1. The van der Waals surface area contributed by atoms with Crippen molar-refractivity contribution in [3.8, 4) is 11.1 Å². The number of thiophene rings is 1. The highest BCUT2D eigenvalue weighted by molar-refractivity contribution is 7.16. The van der Waals surface area contributed by atoms with Gasteiger partial charge in [0.15, 0.2) is 0 Å². The average molecular weight is 355 g/mol. The first-order valence-electron chi connectivity index (χ1n) is 9.45. The zero-order valence-corrected chi connectivity index (χ0v) is 15.7. The highest BCUT2D eigenvalue weighted by Crippen LogP contribution is 2.39. The van der Waals surface area contributed by atoms with E-state index >= 15 is 0 Å². The first-order valence-corrected chi connectivity index (χ1v) is 10.3. The van der Waals surface area contributed by atoms with Gasteiger partial charge in [0, 0.05) is 16.5 Å². The van der Waals surface area contributed by atoms with Crippen LogP contribution in [0.1, 0.15) is 64.9 Å². The van der Waals surface area contributed by atoms with E-state index in [1.54, 1.807) is 0 Å². The van der Waals surface area contributed by atoms with Crippen LogP contribution < -0.4 is 11.1 Å². The van der Waals surface area contributed by atoms with E-state index in [0.717, 1.165) is 35.3 Å². The van der Waals surface area contributed by atoms with Crippen molar-refractivity contribution in [3.63, 3.8) is 0 Å². The molecule has 1 aromatic carbocycles. The smallest absolute Gasteiger partial charge is 0.255 e. The van der Waals surface area contributed by atoms with Gasteiger partial charge < -0.3 is 11.1 Å². The molecule has 3 nitrogen and oxygen atoms in total. The van der Waals surface area contributed by atoms with Crippen molar-refractivity contribution >= 4 is 22.2 Å². The SMILES string of the molecule is Cc1sc(N)c(C(=O)NC2CCCC2)c1-c1ccc2c(c1)CCCC2. The first-order chi connectivity index (χ1) is 12.1. The van der Waals surface area contributed by atoms with Crippen molar-refractivity contribution in [3.05, 3.63) is 39.8 Å². The van der Waals surface area contributed by atoms with E-state index in [-0.39, 0.29) is 5.91 Å². The summed E-state index contributed by atoms with van der Waals surface area (Å²) < 4.78 is 0. The van der Waals surface area contributed by atoms with Gasteiger partial charge in [0.2, 0.25) is 0 Å². The van der Waals surface area contributed by atoms with Crippen LogP contribution in [0, 0.1) is 6.92 Å². The first kappa shape index (κ1) is 16.6. The normalized spacial score (nSPS) is 17.5. The molecule has 0 saturated heterocycles. The molecule has 0 unspecified atom stereocenters. The molecule has 132 valence electrons. The predicted molar refractivity (Wildman–Crippen MR) is 105 cm³/mol. The lowest BCUT2D eigenvalue weighted by Crippen LogP contribution is -2.33. The molecule has 1 fully saturated rings. The molecule has 0 radical (unpaired) electrons. The zero-order valence-electron chi connectivity index (χ0n) is 14.9. The number of aryl methyl sites for hydroxylation is 3. The van der Waals surface area contributed by atoms with Crippen molar-refractivity contribution in [2.24, 2.45) is 0 Å². The Morgan fingerprint density at radius 3 is 2.60 bits per heavy atom. The Labute approximate surface area is 153 Å². The van der Waals surface area contributed by atoms with E-state index in [4.69, 9.17) is 5.73 Å². The lowest BCUT2D eigenvalue weighted by Gasteiger charge is -2.18. The summed E-state index contributed by atoms with van der Waals surface area (Å²) >= 11 is 1.53. The van der Waals surface area contributed by atoms with Crippen molar-refractivity contribution < 1.29 is 4.79 Å². The largest absolute Gasteiger partial charge is 0.390 e. The lowest BCUT2D eigenvalue weighted by molar-refractivity contribution is 0.0940. The topological polar surface area (TPSA) is 55.1 Å². The van der Waals surface area contributed by atoms with Crippen LogP contribution in [0.3, 0.4) is 0 Å². The number of nitrogen functional groups attached to an aromatic ring is 1. The van der Waals surface area contributed by atoms with E-state index in [2.05, 4.69) is 30.4 Å². The number of hydrogen-bond acceptors (Lipinski definition) is 3. The van der Waals surface area contributed by atoms with Crippen LogP contribution in [0.25, 0.3) is 11.1 Å². The third-order valence-corrected chi connectivity index (χ3v) is 6.60. The maximum Gasteiger partial charge on any atom is 0.255 e. The molecule has 25 heavy (non-hydrogen) atoms. The molecule has 1 aromatic heterocycles. The molecule has 0 spiro atoms. The van der Waals surface area contributed by atoms with E-state index in [1.807, 2.05) is 0 Å². The minimum Gasteiger partial charge on any atom is -0.390 e. The summed E-state index contributed by atoms with van der Waals surface area (Å²) in [7, 11) is 0. The molecule has 2 aliphatic carbocycles.